The van der Waals surface area contributed by atoms with Gasteiger partial charge in [0, 0.05) is 25.1 Å². The van der Waals surface area contributed by atoms with E-state index in [1.54, 1.807) is 19.1 Å². The zero-order valence-corrected chi connectivity index (χ0v) is 12.1. The maximum Gasteiger partial charge on any atom is 0.387 e. The van der Waals surface area contributed by atoms with Gasteiger partial charge in [0.05, 0.1) is 6.61 Å². The molecule has 2 N–H and O–H groups in total. The summed E-state index contributed by atoms with van der Waals surface area (Å²) in [5, 5.41) is 12.5. The quantitative estimate of drug-likeness (QED) is 0.736. The summed E-state index contributed by atoms with van der Waals surface area (Å²) in [6.45, 7) is 0.844. The molecule has 0 bridgehead atoms. The van der Waals surface area contributed by atoms with Crippen LogP contribution in [-0.2, 0) is 6.54 Å². The highest BCUT2D eigenvalue weighted by atomic mass is 19.3. The zero-order valence-electron chi connectivity index (χ0n) is 12.1. The summed E-state index contributed by atoms with van der Waals surface area (Å²) in [4.78, 5) is 0. The summed E-state index contributed by atoms with van der Waals surface area (Å²) >= 11 is 0. The molecule has 4 nitrogen and oxygen atoms in total. The molecule has 118 valence electrons. The van der Waals surface area contributed by atoms with Crippen molar-refractivity contribution in [1.29, 1.82) is 0 Å². The zero-order chi connectivity index (χ0) is 15.3. The van der Waals surface area contributed by atoms with E-state index >= 15 is 0 Å². The minimum absolute atomic E-state index is 0.0431. The van der Waals surface area contributed by atoms with Crippen molar-refractivity contribution >= 4 is 0 Å². The second kappa shape index (κ2) is 7.04. The highest BCUT2D eigenvalue weighted by molar-refractivity contribution is 5.43. The monoisotopic (exact) mass is 301 g/mol. The molecule has 2 rings (SSSR count). The maximum atomic E-state index is 12.3. The fourth-order valence-electron chi connectivity index (χ4n) is 2.16. The van der Waals surface area contributed by atoms with Crippen LogP contribution in [0.4, 0.5) is 8.78 Å². The third-order valence-electron chi connectivity index (χ3n) is 3.65. The van der Waals surface area contributed by atoms with Crippen LogP contribution in [-0.4, -0.2) is 31.5 Å². The molecular weight excluding hydrogens is 280 g/mol. The van der Waals surface area contributed by atoms with Gasteiger partial charge in [0.2, 0.25) is 0 Å². The standard InChI is InChI=1S/C15H21F2NO3/c1-2-20-13-7-11(3-4-12(13)21-14(16)17)8-18-9-15(10-19)5-6-15/h3-4,7,14,18-19H,2,5-6,8-10H2,1H3. The fraction of sp³-hybridized carbons (Fsp3) is 0.600. The van der Waals surface area contributed by atoms with Crippen LogP contribution in [0, 0.1) is 5.41 Å². The molecule has 0 spiro atoms. The summed E-state index contributed by atoms with van der Waals surface area (Å²) < 4.78 is 34.4. The van der Waals surface area contributed by atoms with Gasteiger partial charge in [0.25, 0.3) is 0 Å². The van der Waals surface area contributed by atoms with Gasteiger partial charge >= 0.3 is 6.61 Å². The summed E-state index contributed by atoms with van der Waals surface area (Å²) in [5.41, 5.74) is 0.968. The predicted octanol–water partition coefficient (Wildman–Crippen LogP) is 2.55. The Morgan fingerprint density at radius 3 is 2.67 bits per heavy atom. The molecule has 0 heterocycles. The first kappa shape index (κ1) is 16.0. The maximum absolute atomic E-state index is 12.3. The molecule has 0 aromatic heterocycles. The molecule has 0 amide bonds. The molecule has 1 fully saturated rings. The van der Waals surface area contributed by atoms with Crippen molar-refractivity contribution in [1.82, 2.24) is 5.32 Å². The molecule has 1 saturated carbocycles. The summed E-state index contributed by atoms with van der Waals surface area (Å²) in [5.74, 6) is 0.366. The first-order valence-corrected chi connectivity index (χ1v) is 7.11. The largest absolute Gasteiger partial charge is 0.490 e. The molecule has 1 aliphatic carbocycles. The van der Waals surface area contributed by atoms with Crippen LogP contribution in [0.3, 0.4) is 0 Å². The number of aliphatic hydroxyl groups excluding tert-OH is 1. The molecular formula is C15H21F2NO3. The van der Waals surface area contributed by atoms with Crippen LogP contribution in [0.5, 0.6) is 11.5 Å². The van der Waals surface area contributed by atoms with Gasteiger partial charge in [0.15, 0.2) is 11.5 Å². The Morgan fingerprint density at radius 2 is 2.10 bits per heavy atom. The number of hydrogen-bond acceptors (Lipinski definition) is 4. The molecule has 0 atom stereocenters. The van der Waals surface area contributed by atoms with E-state index in [0.717, 1.165) is 24.9 Å². The first-order chi connectivity index (χ1) is 10.1. The highest BCUT2D eigenvalue weighted by Gasteiger charge is 2.41. The van der Waals surface area contributed by atoms with Gasteiger partial charge < -0.3 is 19.9 Å². The normalized spacial score (nSPS) is 16.0. The molecule has 1 aromatic carbocycles. The summed E-state index contributed by atoms with van der Waals surface area (Å²) in [6, 6.07) is 4.92. The lowest BCUT2D eigenvalue weighted by Crippen LogP contribution is -2.26. The molecule has 0 radical (unpaired) electrons. The van der Waals surface area contributed by atoms with E-state index in [4.69, 9.17) is 4.74 Å². The summed E-state index contributed by atoms with van der Waals surface area (Å²) in [7, 11) is 0. The van der Waals surface area contributed by atoms with Crippen LogP contribution in [0.25, 0.3) is 0 Å². The number of alkyl halides is 2. The van der Waals surface area contributed by atoms with Gasteiger partial charge in [0.1, 0.15) is 0 Å². The Morgan fingerprint density at radius 1 is 1.33 bits per heavy atom. The van der Waals surface area contributed by atoms with Gasteiger partial charge in [-0.2, -0.15) is 8.78 Å². The van der Waals surface area contributed by atoms with E-state index in [9.17, 15) is 13.9 Å². The van der Waals surface area contributed by atoms with Crippen LogP contribution in [0.1, 0.15) is 25.3 Å². The Bertz CT molecular complexity index is 464. The number of aliphatic hydroxyl groups is 1. The minimum Gasteiger partial charge on any atom is -0.490 e. The molecule has 6 heteroatoms. The molecule has 0 saturated heterocycles. The minimum atomic E-state index is -2.87. The van der Waals surface area contributed by atoms with Gasteiger partial charge in [-0.25, -0.2) is 0 Å². The van der Waals surface area contributed by atoms with Crippen LogP contribution in [0.15, 0.2) is 18.2 Å². The molecule has 21 heavy (non-hydrogen) atoms. The molecule has 0 aliphatic heterocycles. The van der Waals surface area contributed by atoms with Crippen molar-refractivity contribution in [2.45, 2.75) is 32.9 Å². The van der Waals surface area contributed by atoms with E-state index in [-0.39, 0.29) is 17.8 Å². The highest BCUT2D eigenvalue weighted by Crippen LogP contribution is 2.44. The van der Waals surface area contributed by atoms with E-state index < -0.39 is 6.61 Å². The smallest absolute Gasteiger partial charge is 0.387 e. The number of benzene rings is 1. The average molecular weight is 301 g/mol. The number of halogens is 2. The third kappa shape index (κ3) is 4.54. The lowest BCUT2D eigenvalue weighted by molar-refractivity contribution is -0.0514. The topological polar surface area (TPSA) is 50.7 Å². The Kier molecular flexibility index (Phi) is 5.36. The van der Waals surface area contributed by atoms with Crippen molar-refractivity contribution < 1.29 is 23.4 Å². The number of hydrogen-bond donors (Lipinski definition) is 2. The van der Waals surface area contributed by atoms with E-state index in [2.05, 4.69) is 10.1 Å². The van der Waals surface area contributed by atoms with Crippen LogP contribution < -0.4 is 14.8 Å². The second-order valence-corrected chi connectivity index (χ2v) is 5.35. The Labute approximate surface area is 123 Å². The Balaban J connectivity index is 1.94. The Hall–Kier alpha value is -1.40. The molecule has 0 unspecified atom stereocenters. The van der Waals surface area contributed by atoms with Crippen molar-refractivity contribution in [3.8, 4) is 11.5 Å². The SMILES string of the molecule is CCOc1cc(CNCC2(CO)CC2)ccc1OC(F)F. The lowest BCUT2D eigenvalue weighted by Gasteiger charge is -2.15. The number of ether oxygens (including phenoxy) is 2. The van der Waals surface area contributed by atoms with E-state index in [1.807, 2.05) is 0 Å². The number of nitrogens with one attached hydrogen (secondary N) is 1. The van der Waals surface area contributed by atoms with Gasteiger partial charge in [-0.3, -0.25) is 0 Å². The predicted molar refractivity (Wildman–Crippen MR) is 74.7 cm³/mol. The number of rotatable bonds is 9. The van der Waals surface area contributed by atoms with Crippen molar-refractivity contribution in [2.24, 2.45) is 5.41 Å². The van der Waals surface area contributed by atoms with Gasteiger partial charge in [-0.15, -0.1) is 0 Å². The van der Waals surface area contributed by atoms with Crippen LogP contribution in [0.2, 0.25) is 0 Å². The van der Waals surface area contributed by atoms with Crippen LogP contribution >= 0.6 is 0 Å². The second-order valence-electron chi connectivity index (χ2n) is 5.35. The average Bonchev–Trinajstić information content (AvgIpc) is 3.22. The summed E-state index contributed by atoms with van der Waals surface area (Å²) in [6.07, 6.45) is 2.09. The van der Waals surface area contributed by atoms with E-state index in [1.165, 1.54) is 6.07 Å². The van der Waals surface area contributed by atoms with Crippen molar-refractivity contribution in [3.63, 3.8) is 0 Å². The van der Waals surface area contributed by atoms with E-state index in [0.29, 0.717) is 18.9 Å². The fourth-order valence-corrected chi connectivity index (χ4v) is 2.16. The molecule has 1 aliphatic rings. The first-order valence-electron chi connectivity index (χ1n) is 7.11. The van der Waals surface area contributed by atoms with Crippen molar-refractivity contribution in [3.05, 3.63) is 23.8 Å². The third-order valence-corrected chi connectivity index (χ3v) is 3.65. The molecule has 1 aromatic rings. The van der Waals surface area contributed by atoms with Gasteiger partial charge in [-0.1, -0.05) is 6.07 Å². The van der Waals surface area contributed by atoms with Gasteiger partial charge in [-0.05, 0) is 37.5 Å². The van der Waals surface area contributed by atoms with Crippen molar-refractivity contribution in [2.75, 3.05) is 19.8 Å². The lowest BCUT2D eigenvalue weighted by atomic mass is 10.1.